The monoisotopic (exact) mass is 238 g/mol. The molecule has 92 valence electrons. The zero-order valence-electron chi connectivity index (χ0n) is 10.7. The second-order valence-corrected chi connectivity index (χ2v) is 4.46. The number of aldehydes is 1. The van der Waals surface area contributed by atoms with E-state index >= 15 is 0 Å². The minimum Gasteiger partial charge on any atom is -0.303 e. The van der Waals surface area contributed by atoms with Crippen molar-refractivity contribution < 1.29 is 4.79 Å². The molecule has 0 amide bonds. The molecule has 0 aliphatic carbocycles. The summed E-state index contributed by atoms with van der Waals surface area (Å²) in [4.78, 5) is 10.3. The molecule has 0 unspecified atom stereocenters. The molecular weight excluding hydrogens is 220 g/mol. The van der Waals surface area contributed by atoms with Crippen LogP contribution in [0.25, 0.3) is 11.1 Å². The molecule has 0 N–H and O–H groups in total. The zero-order valence-corrected chi connectivity index (χ0v) is 10.7. The van der Waals surface area contributed by atoms with Crippen molar-refractivity contribution in [2.45, 2.75) is 26.2 Å². The van der Waals surface area contributed by atoms with Gasteiger partial charge in [-0.1, -0.05) is 55.5 Å². The van der Waals surface area contributed by atoms with Crippen LogP contribution in [0.5, 0.6) is 0 Å². The largest absolute Gasteiger partial charge is 0.303 e. The molecule has 0 saturated carbocycles. The van der Waals surface area contributed by atoms with Gasteiger partial charge < -0.3 is 4.79 Å². The Balaban J connectivity index is 2.20. The highest BCUT2D eigenvalue weighted by Crippen LogP contribution is 2.21. The van der Waals surface area contributed by atoms with Crippen LogP contribution in [0.4, 0.5) is 0 Å². The van der Waals surface area contributed by atoms with Gasteiger partial charge in [0.1, 0.15) is 6.29 Å². The number of carbonyl (C=O) groups excluding carboxylic acids is 1. The molecule has 2 aromatic rings. The Kier molecular flexibility index (Phi) is 4.30. The van der Waals surface area contributed by atoms with Gasteiger partial charge in [-0.2, -0.15) is 0 Å². The quantitative estimate of drug-likeness (QED) is 0.718. The zero-order chi connectivity index (χ0) is 12.8. The predicted octanol–water partition coefficient (Wildman–Crippen LogP) is 4.05. The first-order valence-electron chi connectivity index (χ1n) is 6.45. The van der Waals surface area contributed by atoms with E-state index in [1.165, 1.54) is 22.3 Å². The summed E-state index contributed by atoms with van der Waals surface area (Å²) in [5.41, 5.74) is 5.08. The number of carbonyl (C=O) groups is 1. The lowest BCUT2D eigenvalue weighted by Gasteiger charge is -2.05. The summed E-state index contributed by atoms with van der Waals surface area (Å²) in [6, 6.07) is 17.1. The smallest absolute Gasteiger partial charge is 0.120 e. The van der Waals surface area contributed by atoms with Gasteiger partial charge in [0.2, 0.25) is 0 Å². The average Bonchev–Trinajstić information content (AvgIpc) is 2.46. The molecule has 0 bridgehead atoms. The molecule has 2 rings (SSSR count). The number of benzene rings is 2. The van der Waals surface area contributed by atoms with Crippen LogP contribution in [0.1, 0.15) is 24.5 Å². The first-order valence-corrected chi connectivity index (χ1v) is 6.45. The Bertz CT molecular complexity index is 511. The summed E-state index contributed by atoms with van der Waals surface area (Å²) < 4.78 is 0. The normalized spacial score (nSPS) is 10.3. The van der Waals surface area contributed by atoms with E-state index < -0.39 is 0 Å². The van der Waals surface area contributed by atoms with E-state index in [1.54, 1.807) is 0 Å². The number of rotatable bonds is 5. The molecule has 0 fully saturated rings. The molecule has 1 heteroatoms. The van der Waals surface area contributed by atoms with Crippen LogP contribution in [-0.2, 0) is 17.6 Å². The molecule has 0 aliphatic rings. The average molecular weight is 238 g/mol. The lowest BCUT2D eigenvalue weighted by Crippen LogP contribution is -1.87. The van der Waals surface area contributed by atoms with Crippen molar-refractivity contribution in [3.63, 3.8) is 0 Å². The van der Waals surface area contributed by atoms with Gasteiger partial charge in [0, 0.05) is 6.42 Å². The predicted molar refractivity (Wildman–Crippen MR) is 75.6 cm³/mol. The minimum absolute atomic E-state index is 0.602. The van der Waals surface area contributed by atoms with Gasteiger partial charge in [-0.05, 0) is 35.1 Å². The molecule has 1 nitrogen and oxygen atoms in total. The Morgan fingerprint density at radius 3 is 2.39 bits per heavy atom. The third kappa shape index (κ3) is 3.07. The molecule has 0 spiro atoms. The summed E-state index contributed by atoms with van der Waals surface area (Å²) in [5.74, 6) is 0. The van der Waals surface area contributed by atoms with E-state index in [1.807, 2.05) is 0 Å². The highest BCUT2D eigenvalue weighted by atomic mass is 16.1. The molecule has 0 radical (unpaired) electrons. The van der Waals surface area contributed by atoms with E-state index in [2.05, 4.69) is 55.5 Å². The summed E-state index contributed by atoms with van der Waals surface area (Å²) in [7, 11) is 0. The third-order valence-corrected chi connectivity index (χ3v) is 3.17. The molecule has 0 heterocycles. The van der Waals surface area contributed by atoms with Crippen molar-refractivity contribution in [3.05, 3.63) is 59.7 Å². The van der Waals surface area contributed by atoms with Crippen LogP contribution in [0, 0.1) is 0 Å². The van der Waals surface area contributed by atoms with Crippen LogP contribution in [0.3, 0.4) is 0 Å². The van der Waals surface area contributed by atoms with E-state index in [4.69, 9.17) is 0 Å². The minimum atomic E-state index is 0.602. The Morgan fingerprint density at radius 1 is 0.944 bits per heavy atom. The fraction of sp³-hybridized carbons (Fsp3) is 0.235. The summed E-state index contributed by atoms with van der Waals surface area (Å²) >= 11 is 0. The second kappa shape index (κ2) is 6.15. The van der Waals surface area contributed by atoms with Crippen molar-refractivity contribution in [1.82, 2.24) is 0 Å². The lowest BCUT2D eigenvalue weighted by atomic mass is 10.00. The maximum absolute atomic E-state index is 10.3. The summed E-state index contributed by atoms with van der Waals surface area (Å²) in [6.45, 7) is 2.17. The van der Waals surface area contributed by atoms with E-state index in [9.17, 15) is 4.79 Å². The molecule has 0 saturated heterocycles. The SMILES string of the molecule is CCc1cccc(-c2ccc(CCC=O)cc2)c1. The van der Waals surface area contributed by atoms with Gasteiger partial charge in [0.25, 0.3) is 0 Å². The van der Waals surface area contributed by atoms with Gasteiger partial charge in [0.15, 0.2) is 0 Å². The van der Waals surface area contributed by atoms with Crippen LogP contribution in [0.15, 0.2) is 48.5 Å². The van der Waals surface area contributed by atoms with Crippen LogP contribution < -0.4 is 0 Å². The third-order valence-electron chi connectivity index (χ3n) is 3.17. The number of hydrogen-bond acceptors (Lipinski definition) is 1. The first-order chi connectivity index (χ1) is 8.83. The Hall–Kier alpha value is -1.89. The maximum Gasteiger partial charge on any atom is 0.120 e. The standard InChI is InChI=1S/C17H18O/c1-2-14-5-3-7-17(13-14)16-10-8-15(9-11-16)6-4-12-18/h3,5,7-13H,2,4,6H2,1H3. The van der Waals surface area contributed by atoms with E-state index in [0.29, 0.717) is 6.42 Å². The topological polar surface area (TPSA) is 17.1 Å². The molecule has 0 aromatic heterocycles. The van der Waals surface area contributed by atoms with Crippen LogP contribution >= 0.6 is 0 Å². The van der Waals surface area contributed by atoms with Crippen molar-refractivity contribution in [1.29, 1.82) is 0 Å². The molecule has 18 heavy (non-hydrogen) atoms. The number of aryl methyl sites for hydroxylation is 2. The van der Waals surface area contributed by atoms with Crippen molar-refractivity contribution in [2.24, 2.45) is 0 Å². The molecule has 0 atom stereocenters. The maximum atomic E-state index is 10.3. The summed E-state index contributed by atoms with van der Waals surface area (Å²) in [5, 5.41) is 0. The van der Waals surface area contributed by atoms with Gasteiger partial charge in [-0.15, -0.1) is 0 Å². The first kappa shape index (κ1) is 12.6. The van der Waals surface area contributed by atoms with E-state index in [-0.39, 0.29) is 0 Å². The molecule has 0 aliphatic heterocycles. The van der Waals surface area contributed by atoms with Crippen molar-refractivity contribution in [2.75, 3.05) is 0 Å². The lowest BCUT2D eigenvalue weighted by molar-refractivity contribution is -0.107. The van der Waals surface area contributed by atoms with E-state index in [0.717, 1.165) is 19.1 Å². The highest BCUT2D eigenvalue weighted by molar-refractivity contribution is 5.64. The van der Waals surface area contributed by atoms with Gasteiger partial charge in [0.05, 0.1) is 0 Å². The van der Waals surface area contributed by atoms with Gasteiger partial charge >= 0.3 is 0 Å². The fourth-order valence-corrected chi connectivity index (χ4v) is 2.06. The Labute approximate surface area is 108 Å². The highest BCUT2D eigenvalue weighted by Gasteiger charge is 1.99. The van der Waals surface area contributed by atoms with Gasteiger partial charge in [-0.25, -0.2) is 0 Å². The van der Waals surface area contributed by atoms with Crippen LogP contribution in [0.2, 0.25) is 0 Å². The van der Waals surface area contributed by atoms with Gasteiger partial charge in [-0.3, -0.25) is 0 Å². The molecule has 2 aromatic carbocycles. The second-order valence-electron chi connectivity index (χ2n) is 4.46. The fourth-order valence-electron chi connectivity index (χ4n) is 2.06. The molecular formula is C17H18O. The van der Waals surface area contributed by atoms with Crippen molar-refractivity contribution in [3.8, 4) is 11.1 Å². The summed E-state index contributed by atoms with van der Waals surface area (Å²) in [6.07, 6.45) is 3.47. The Morgan fingerprint density at radius 2 is 1.72 bits per heavy atom. The number of hydrogen-bond donors (Lipinski definition) is 0. The van der Waals surface area contributed by atoms with Crippen LogP contribution in [-0.4, -0.2) is 6.29 Å². The van der Waals surface area contributed by atoms with Crippen molar-refractivity contribution >= 4 is 6.29 Å².